The van der Waals surface area contributed by atoms with Crippen molar-refractivity contribution in [2.45, 2.75) is 40.2 Å². The van der Waals surface area contributed by atoms with Crippen LogP contribution in [0, 0.1) is 5.41 Å². The number of rotatable bonds is 7. The maximum atomic E-state index is 8.71. The maximum Gasteiger partial charge on any atom is 0.144 e. The molecule has 0 radical (unpaired) electrons. The van der Waals surface area contributed by atoms with E-state index in [1.165, 1.54) is 5.56 Å². The molecule has 108 valence electrons. The molecule has 0 bridgehead atoms. The van der Waals surface area contributed by atoms with Gasteiger partial charge in [0.05, 0.1) is 5.69 Å². The lowest BCUT2D eigenvalue weighted by Crippen LogP contribution is -2.34. The zero-order valence-electron chi connectivity index (χ0n) is 12.3. The molecule has 0 saturated heterocycles. The summed E-state index contributed by atoms with van der Waals surface area (Å²) in [6.07, 6.45) is 3.79. The number of nitrogens with zero attached hydrogens (tertiary/aromatic N) is 3. The molecule has 1 rings (SSSR count). The third-order valence-electron chi connectivity index (χ3n) is 3.37. The number of hydrogen-bond donors (Lipinski definition) is 3. The summed E-state index contributed by atoms with van der Waals surface area (Å²) in [7, 11) is 1.93. The van der Waals surface area contributed by atoms with Crippen LogP contribution in [0.3, 0.4) is 0 Å². The highest BCUT2D eigenvalue weighted by molar-refractivity contribution is 5.85. The number of aryl methyl sites for hydroxylation is 2. The zero-order valence-corrected chi connectivity index (χ0v) is 12.3. The number of nitrogens with two attached hydrogens (primary N) is 1. The summed E-state index contributed by atoms with van der Waals surface area (Å²) in [5.74, 6) is 0.268. The molecule has 0 unspecified atom stereocenters. The van der Waals surface area contributed by atoms with Crippen LogP contribution in [0.5, 0.6) is 0 Å². The van der Waals surface area contributed by atoms with E-state index in [2.05, 4.69) is 22.5 Å². The van der Waals surface area contributed by atoms with Crippen LogP contribution in [-0.2, 0) is 20.0 Å². The molecule has 0 amide bonds. The van der Waals surface area contributed by atoms with E-state index in [9.17, 15) is 0 Å². The van der Waals surface area contributed by atoms with Crippen molar-refractivity contribution in [1.29, 1.82) is 0 Å². The van der Waals surface area contributed by atoms with E-state index in [4.69, 9.17) is 10.9 Å². The van der Waals surface area contributed by atoms with Crippen molar-refractivity contribution in [3.63, 3.8) is 0 Å². The van der Waals surface area contributed by atoms with E-state index in [1.807, 2.05) is 31.8 Å². The first-order valence-electron chi connectivity index (χ1n) is 6.60. The van der Waals surface area contributed by atoms with Crippen LogP contribution in [0.25, 0.3) is 0 Å². The summed E-state index contributed by atoms with van der Waals surface area (Å²) in [6, 6.07) is 0. The Bertz CT molecular complexity index is 436. The van der Waals surface area contributed by atoms with Crippen molar-refractivity contribution in [3.05, 3.63) is 17.5 Å². The minimum absolute atomic E-state index is 0.268. The van der Waals surface area contributed by atoms with Crippen LogP contribution >= 0.6 is 0 Å². The predicted octanol–water partition coefficient (Wildman–Crippen LogP) is 1.23. The molecule has 1 heterocycles. The Kier molecular flexibility index (Phi) is 5.35. The SMILES string of the molecule is CCc1nn(C)cc1CNCCC(C)(C)/C(N)=N/O. The van der Waals surface area contributed by atoms with E-state index >= 15 is 0 Å². The van der Waals surface area contributed by atoms with Crippen molar-refractivity contribution < 1.29 is 5.21 Å². The second-order valence-electron chi connectivity index (χ2n) is 5.42. The fourth-order valence-corrected chi connectivity index (χ4v) is 1.92. The molecule has 1 aromatic heterocycles. The number of oxime groups is 1. The van der Waals surface area contributed by atoms with Crippen LogP contribution in [0.15, 0.2) is 11.4 Å². The average molecular weight is 267 g/mol. The molecule has 0 fully saturated rings. The monoisotopic (exact) mass is 267 g/mol. The van der Waals surface area contributed by atoms with Crippen LogP contribution in [0.1, 0.15) is 38.4 Å². The topological polar surface area (TPSA) is 88.5 Å². The van der Waals surface area contributed by atoms with Crippen molar-refractivity contribution >= 4 is 5.84 Å². The van der Waals surface area contributed by atoms with E-state index in [1.54, 1.807) is 0 Å². The number of nitrogens with one attached hydrogen (secondary N) is 1. The van der Waals surface area contributed by atoms with Gasteiger partial charge in [0.25, 0.3) is 0 Å². The number of hydrogen-bond acceptors (Lipinski definition) is 4. The molecular weight excluding hydrogens is 242 g/mol. The molecule has 0 aliphatic carbocycles. The van der Waals surface area contributed by atoms with E-state index < -0.39 is 0 Å². The maximum absolute atomic E-state index is 8.71. The van der Waals surface area contributed by atoms with Gasteiger partial charge in [0.2, 0.25) is 0 Å². The summed E-state index contributed by atoms with van der Waals surface area (Å²) in [5.41, 5.74) is 7.71. The molecule has 19 heavy (non-hydrogen) atoms. The summed E-state index contributed by atoms with van der Waals surface area (Å²) < 4.78 is 1.84. The highest BCUT2D eigenvalue weighted by Crippen LogP contribution is 2.19. The first kappa shape index (κ1) is 15.5. The Labute approximate surface area is 114 Å². The third-order valence-corrected chi connectivity index (χ3v) is 3.37. The second-order valence-corrected chi connectivity index (χ2v) is 5.42. The molecular formula is C13H25N5O. The Hall–Kier alpha value is -1.56. The lowest BCUT2D eigenvalue weighted by molar-refractivity contribution is 0.305. The summed E-state index contributed by atoms with van der Waals surface area (Å²) in [6.45, 7) is 7.63. The standard InChI is InChI=1S/C13H25N5O/c1-5-11-10(9-18(4)16-11)8-15-7-6-13(2,3)12(14)17-19/h9,15,19H,5-8H2,1-4H3,(H2,14,17). The van der Waals surface area contributed by atoms with Gasteiger partial charge in [0, 0.05) is 30.8 Å². The van der Waals surface area contributed by atoms with Gasteiger partial charge in [-0.1, -0.05) is 25.9 Å². The van der Waals surface area contributed by atoms with Crippen molar-refractivity contribution in [1.82, 2.24) is 15.1 Å². The molecule has 4 N–H and O–H groups in total. The Balaban J connectivity index is 2.43. The lowest BCUT2D eigenvalue weighted by Gasteiger charge is -2.22. The Morgan fingerprint density at radius 3 is 2.84 bits per heavy atom. The highest BCUT2D eigenvalue weighted by atomic mass is 16.4. The largest absolute Gasteiger partial charge is 0.409 e. The Morgan fingerprint density at radius 2 is 2.26 bits per heavy atom. The molecule has 0 aliphatic heterocycles. The van der Waals surface area contributed by atoms with Crippen LogP contribution < -0.4 is 11.1 Å². The minimum Gasteiger partial charge on any atom is -0.409 e. The Morgan fingerprint density at radius 1 is 1.58 bits per heavy atom. The predicted molar refractivity (Wildman–Crippen MR) is 76.1 cm³/mol. The normalized spacial score (nSPS) is 12.9. The van der Waals surface area contributed by atoms with Gasteiger partial charge in [-0.05, 0) is 19.4 Å². The van der Waals surface area contributed by atoms with E-state index in [0.29, 0.717) is 0 Å². The van der Waals surface area contributed by atoms with Gasteiger partial charge in [0.15, 0.2) is 0 Å². The molecule has 0 aliphatic rings. The van der Waals surface area contributed by atoms with Gasteiger partial charge in [-0.15, -0.1) is 0 Å². The fraction of sp³-hybridized carbons (Fsp3) is 0.692. The van der Waals surface area contributed by atoms with E-state index in [0.717, 1.165) is 31.6 Å². The second kappa shape index (κ2) is 6.56. The minimum atomic E-state index is -0.301. The molecule has 0 saturated carbocycles. The molecule has 6 heteroatoms. The van der Waals surface area contributed by atoms with Crippen molar-refractivity contribution in [2.24, 2.45) is 23.4 Å². The van der Waals surface area contributed by atoms with E-state index in [-0.39, 0.29) is 11.3 Å². The molecule has 0 spiro atoms. The van der Waals surface area contributed by atoms with Crippen LogP contribution in [0.2, 0.25) is 0 Å². The van der Waals surface area contributed by atoms with Gasteiger partial charge < -0.3 is 16.3 Å². The van der Waals surface area contributed by atoms with Crippen LogP contribution in [-0.4, -0.2) is 27.4 Å². The fourth-order valence-electron chi connectivity index (χ4n) is 1.92. The quantitative estimate of drug-likeness (QED) is 0.228. The van der Waals surface area contributed by atoms with Crippen molar-refractivity contribution in [2.75, 3.05) is 6.54 Å². The van der Waals surface area contributed by atoms with Gasteiger partial charge in [0.1, 0.15) is 5.84 Å². The number of aromatic nitrogens is 2. The summed E-state index contributed by atoms with van der Waals surface area (Å²) >= 11 is 0. The average Bonchev–Trinajstić information content (AvgIpc) is 2.74. The highest BCUT2D eigenvalue weighted by Gasteiger charge is 2.22. The van der Waals surface area contributed by atoms with Gasteiger partial charge in [-0.2, -0.15) is 5.10 Å². The zero-order chi connectivity index (χ0) is 14.5. The smallest absolute Gasteiger partial charge is 0.144 e. The molecule has 1 aromatic rings. The van der Waals surface area contributed by atoms with Crippen molar-refractivity contribution in [3.8, 4) is 0 Å². The van der Waals surface area contributed by atoms with Crippen LogP contribution in [0.4, 0.5) is 0 Å². The lowest BCUT2D eigenvalue weighted by atomic mass is 9.88. The first-order valence-corrected chi connectivity index (χ1v) is 6.60. The summed E-state index contributed by atoms with van der Waals surface area (Å²) in [4.78, 5) is 0. The molecule has 0 atom stereocenters. The first-order chi connectivity index (χ1) is 8.90. The molecule has 6 nitrogen and oxygen atoms in total. The van der Waals surface area contributed by atoms with Gasteiger partial charge >= 0.3 is 0 Å². The summed E-state index contributed by atoms with van der Waals surface area (Å²) in [5, 5.41) is 19.6. The third kappa shape index (κ3) is 4.24. The van der Waals surface area contributed by atoms with Gasteiger partial charge in [-0.3, -0.25) is 4.68 Å². The molecule has 0 aromatic carbocycles. The van der Waals surface area contributed by atoms with Gasteiger partial charge in [-0.25, -0.2) is 0 Å². The number of amidine groups is 1.